The molecular weight excluding hydrogens is 160 g/mol. The molecule has 0 aliphatic carbocycles. The van der Waals surface area contributed by atoms with Crippen LogP contribution in [0.3, 0.4) is 0 Å². The van der Waals surface area contributed by atoms with Gasteiger partial charge >= 0.3 is 0 Å². The van der Waals surface area contributed by atoms with E-state index in [1.165, 1.54) is 38.9 Å². The lowest BCUT2D eigenvalue weighted by Gasteiger charge is -2.26. The maximum Gasteiger partial charge on any atom is -0.00136 e. The molecule has 0 bridgehead atoms. The molecule has 1 aliphatic heterocycles. The van der Waals surface area contributed by atoms with E-state index in [0.29, 0.717) is 5.41 Å². The van der Waals surface area contributed by atoms with Gasteiger partial charge in [-0.2, -0.15) is 0 Å². The maximum atomic E-state index is 5.58. The van der Waals surface area contributed by atoms with Crippen molar-refractivity contribution in [3.8, 4) is 0 Å². The van der Waals surface area contributed by atoms with Crippen molar-refractivity contribution >= 4 is 0 Å². The van der Waals surface area contributed by atoms with Crippen LogP contribution in [0.2, 0.25) is 0 Å². The van der Waals surface area contributed by atoms with Crippen LogP contribution in [0.15, 0.2) is 0 Å². The van der Waals surface area contributed by atoms with Gasteiger partial charge in [-0.25, -0.2) is 0 Å². The van der Waals surface area contributed by atoms with Crippen molar-refractivity contribution in [2.24, 2.45) is 11.1 Å². The Morgan fingerprint density at radius 1 is 1.15 bits per heavy atom. The first kappa shape index (κ1) is 11.0. The summed E-state index contributed by atoms with van der Waals surface area (Å²) in [5, 5.41) is 0. The smallest absolute Gasteiger partial charge is 0.00136 e. The molecule has 1 heterocycles. The summed E-state index contributed by atoms with van der Waals surface area (Å²) in [6, 6.07) is 0. The second-order valence-electron chi connectivity index (χ2n) is 5.00. The summed E-state index contributed by atoms with van der Waals surface area (Å²) >= 11 is 0. The summed E-state index contributed by atoms with van der Waals surface area (Å²) in [4.78, 5) is 2.58. The molecule has 13 heavy (non-hydrogen) atoms. The normalized spacial score (nSPS) is 19.6. The summed E-state index contributed by atoms with van der Waals surface area (Å²) < 4.78 is 0. The summed E-state index contributed by atoms with van der Waals surface area (Å²) in [5.74, 6) is 0. The van der Waals surface area contributed by atoms with Gasteiger partial charge in [0.2, 0.25) is 0 Å². The molecule has 1 aliphatic rings. The van der Waals surface area contributed by atoms with Gasteiger partial charge < -0.3 is 10.6 Å². The molecule has 0 saturated carbocycles. The Kier molecular flexibility index (Phi) is 4.20. The molecule has 0 radical (unpaired) electrons. The molecule has 78 valence electrons. The summed E-state index contributed by atoms with van der Waals surface area (Å²) in [6.07, 6.45) is 5.25. The first-order valence-corrected chi connectivity index (χ1v) is 5.56. The molecule has 0 aromatic rings. The number of rotatable bonds is 5. The van der Waals surface area contributed by atoms with Gasteiger partial charge in [-0.15, -0.1) is 0 Å². The van der Waals surface area contributed by atoms with Gasteiger partial charge in [0.05, 0.1) is 0 Å². The first-order chi connectivity index (χ1) is 6.14. The Morgan fingerprint density at radius 3 is 2.31 bits per heavy atom. The lowest BCUT2D eigenvalue weighted by Crippen LogP contribution is -2.27. The minimum atomic E-state index is 0.442. The van der Waals surface area contributed by atoms with Gasteiger partial charge in [-0.1, -0.05) is 13.8 Å². The molecule has 0 amide bonds. The highest BCUT2D eigenvalue weighted by atomic mass is 15.1. The Balaban J connectivity index is 2.15. The van der Waals surface area contributed by atoms with E-state index in [4.69, 9.17) is 5.73 Å². The molecule has 2 nitrogen and oxygen atoms in total. The zero-order valence-corrected chi connectivity index (χ0v) is 9.18. The van der Waals surface area contributed by atoms with E-state index in [9.17, 15) is 0 Å². The molecule has 0 atom stereocenters. The average Bonchev–Trinajstić information content (AvgIpc) is 2.52. The highest BCUT2D eigenvalue weighted by molar-refractivity contribution is 4.73. The van der Waals surface area contributed by atoms with Crippen molar-refractivity contribution in [1.82, 2.24) is 4.90 Å². The maximum absolute atomic E-state index is 5.58. The molecular formula is C11H24N2. The lowest BCUT2D eigenvalue weighted by atomic mass is 9.85. The van der Waals surface area contributed by atoms with Crippen molar-refractivity contribution in [3.05, 3.63) is 0 Å². The minimum Gasteiger partial charge on any atom is -0.330 e. The molecule has 2 heteroatoms. The van der Waals surface area contributed by atoms with Crippen LogP contribution in [0.4, 0.5) is 0 Å². The van der Waals surface area contributed by atoms with Gasteiger partial charge in [0.25, 0.3) is 0 Å². The van der Waals surface area contributed by atoms with Crippen molar-refractivity contribution in [1.29, 1.82) is 0 Å². The van der Waals surface area contributed by atoms with E-state index in [2.05, 4.69) is 18.7 Å². The van der Waals surface area contributed by atoms with E-state index in [1.54, 1.807) is 0 Å². The molecule has 1 rings (SSSR count). The number of hydrogen-bond donors (Lipinski definition) is 1. The fraction of sp³-hybridized carbons (Fsp3) is 1.00. The fourth-order valence-corrected chi connectivity index (χ4v) is 1.98. The average molecular weight is 184 g/mol. The van der Waals surface area contributed by atoms with Crippen LogP contribution in [0, 0.1) is 5.41 Å². The van der Waals surface area contributed by atoms with E-state index in [0.717, 1.165) is 13.0 Å². The number of nitrogens with two attached hydrogens (primary N) is 1. The summed E-state index contributed by atoms with van der Waals surface area (Å²) in [5.41, 5.74) is 6.03. The largest absolute Gasteiger partial charge is 0.330 e. The molecule has 1 fully saturated rings. The third-order valence-corrected chi connectivity index (χ3v) is 3.12. The van der Waals surface area contributed by atoms with Gasteiger partial charge in [0.1, 0.15) is 0 Å². The fourth-order valence-electron chi connectivity index (χ4n) is 1.98. The predicted molar refractivity (Wildman–Crippen MR) is 57.7 cm³/mol. The van der Waals surface area contributed by atoms with E-state index >= 15 is 0 Å². The molecule has 1 saturated heterocycles. The molecule has 2 N–H and O–H groups in total. The molecule has 0 spiro atoms. The first-order valence-electron chi connectivity index (χ1n) is 5.56. The predicted octanol–water partition coefficient (Wildman–Crippen LogP) is 1.85. The van der Waals surface area contributed by atoms with Crippen molar-refractivity contribution in [2.75, 3.05) is 26.2 Å². The molecule has 0 unspecified atom stereocenters. The summed E-state index contributed by atoms with van der Waals surface area (Å²) in [7, 11) is 0. The highest BCUT2D eigenvalue weighted by Crippen LogP contribution is 2.25. The Hall–Kier alpha value is -0.0800. The van der Waals surface area contributed by atoms with Gasteiger partial charge in [0.15, 0.2) is 0 Å². The molecule has 0 aromatic carbocycles. The Morgan fingerprint density at radius 2 is 1.77 bits per heavy atom. The monoisotopic (exact) mass is 184 g/mol. The molecule has 0 aromatic heterocycles. The third-order valence-electron chi connectivity index (χ3n) is 3.12. The third kappa shape index (κ3) is 4.10. The standard InChI is InChI=1S/C11H24N2/c1-11(2,5-7-12)6-10-13-8-3-4-9-13/h3-10,12H2,1-2H3. The number of likely N-dealkylation sites (tertiary alicyclic amines) is 1. The van der Waals surface area contributed by atoms with Crippen LogP contribution in [0.5, 0.6) is 0 Å². The van der Waals surface area contributed by atoms with Crippen LogP contribution in [0.25, 0.3) is 0 Å². The van der Waals surface area contributed by atoms with Gasteiger partial charge in [-0.05, 0) is 57.3 Å². The van der Waals surface area contributed by atoms with Crippen LogP contribution < -0.4 is 5.73 Å². The second kappa shape index (κ2) is 4.97. The van der Waals surface area contributed by atoms with E-state index in [-0.39, 0.29) is 0 Å². The van der Waals surface area contributed by atoms with Crippen molar-refractivity contribution in [3.63, 3.8) is 0 Å². The second-order valence-corrected chi connectivity index (χ2v) is 5.00. The Labute approximate surface area is 82.5 Å². The highest BCUT2D eigenvalue weighted by Gasteiger charge is 2.19. The quantitative estimate of drug-likeness (QED) is 0.706. The zero-order valence-electron chi connectivity index (χ0n) is 9.18. The van der Waals surface area contributed by atoms with Crippen LogP contribution in [-0.2, 0) is 0 Å². The Bertz CT molecular complexity index is 137. The minimum absolute atomic E-state index is 0.442. The SMILES string of the molecule is CC(C)(CCN)CCN1CCCC1. The van der Waals surface area contributed by atoms with Crippen molar-refractivity contribution in [2.45, 2.75) is 39.5 Å². The summed E-state index contributed by atoms with van der Waals surface area (Å²) in [6.45, 7) is 9.39. The van der Waals surface area contributed by atoms with Crippen LogP contribution in [0.1, 0.15) is 39.5 Å². The van der Waals surface area contributed by atoms with Crippen molar-refractivity contribution < 1.29 is 0 Å². The zero-order chi connectivity index (χ0) is 9.73. The topological polar surface area (TPSA) is 29.3 Å². The van der Waals surface area contributed by atoms with E-state index < -0.39 is 0 Å². The van der Waals surface area contributed by atoms with E-state index in [1.807, 2.05) is 0 Å². The van der Waals surface area contributed by atoms with Crippen LogP contribution >= 0.6 is 0 Å². The lowest BCUT2D eigenvalue weighted by molar-refractivity contribution is 0.239. The van der Waals surface area contributed by atoms with Gasteiger partial charge in [0, 0.05) is 0 Å². The number of nitrogens with zero attached hydrogens (tertiary/aromatic N) is 1. The van der Waals surface area contributed by atoms with Crippen LogP contribution in [-0.4, -0.2) is 31.1 Å². The number of hydrogen-bond acceptors (Lipinski definition) is 2. The van der Waals surface area contributed by atoms with Gasteiger partial charge in [-0.3, -0.25) is 0 Å².